The first kappa shape index (κ1) is 14.4. The van der Waals surface area contributed by atoms with Gasteiger partial charge in [0.1, 0.15) is 5.76 Å². The van der Waals surface area contributed by atoms with Crippen molar-refractivity contribution < 1.29 is 9.21 Å². The molecule has 0 aliphatic carbocycles. The van der Waals surface area contributed by atoms with Crippen LogP contribution in [0.15, 0.2) is 28.2 Å². The number of nitrogens with zero attached hydrogens (tertiary/aromatic N) is 1. The molecule has 0 saturated carbocycles. The van der Waals surface area contributed by atoms with Crippen molar-refractivity contribution in [2.45, 2.75) is 32.9 Å². The lowest BCUT2D eigenvalue weighted by molar-refractivity contribution is 0.0931. The summed E-state index contributed by atoms with van der Waals surface area (Å²) in [7, 11) is 0. The lowest BCUT2D eigenvalue weighted by Crippen LogP contribution is -2.44. The first-order valence-corrected chi connectivity index (χ1v) is 8.14. The molecule has 0 radical (unpaired) electrons. The third-order valence-corrected chi connectivity index (χ3v) is 5.15. The topological polar surface area (TPSA) is 45.5 Å². The number of nitrogens with one attached hydrogen (secondary N) is 1. The van der Waals surface area contributed by atoms with Crippen LogP contribution in [0.5, 0.6) is 0 Å². The minimum atomic E-state index is -0.0543. The van der Waals surface area contributed by atoms with Gasteiger partial charge in [-0.1, -0.05) is 0 Å². The number of carbonyl (C=O) groups excluding carboxylic acids is 1. The number of carbonyl (C=O) groups is 1. The van der Waals surface area contributed by atoms with Crippen molar-refractivity contribution in [3.05, 3.63) is 45.5 Å². The highest BCUT2D eigenvalue weighted by atomic mass is 32.1. The van der Waals surface area contributed by atoms with Gasteiger partial charge in [0.25, 0.3) is 5.91 Å². The summed E-state index contributed by atoms with van der Waals surface area (Å²) in [5.74, 6) is 0.613. The molecule has 0 saturated heterocycles. The van der Waals surface area contributed by atoms with Crippen LogP contribution in [0, 0.1) is 6.92 Å². The van der Waals surface area contributed by atoms with E-state index in [0.717, 1.165) is 19.5 Å². The fraction of sp³-hybridized carbons (Fsp3) is 0.438. The maximum atomic E-state index is 12.1. The monoisotopic (exact) mass is 304 g/mol. The number of amides is 1. The number of fused-ring (bicyclic) bond motifs is 1. The zero-order valence-electron chi connectivity index (χ0n) is 12.4. The molecule has 5 heteroatoms. The highest BCUT2D eigenvalue weighted by molar-refractivity contribution is 7.10. The molecule has 112 valence electrons. The fourth-order valence-electron chi connectivity index (χ4n) is 2.73. The number of rotatable bonds is 4. The Labute approximate surface area is 128 Å². The van der Waals surface area contributed by atoms with Gasteiger partial charge in [-0.05, 0) is 43.3 Å². The molecule has 0 spiro atoms. The summed E-state index contributed by atoms with van der Waals surface area (Å²) in [5, 5.41) is 5.17. The Hall–Kier alpha value is -1.59. The molecule has 0 fully saturated rings. The van der Waals surface area contributed by atoms with Crippen LogP contribution in [0.2, 0.25) is 0 Å². The Morgan fingerprint density at radius 2 is 2.38 bits per heavy atom. The zero-order valence-corrected chi connectivity index (χ0v) is 13.2. The maximum Gasteiger partial charge on any atom is 0.254 e. The van der Waals surface area contributed by atoms with Gasteiger partial charge in [0, 0.05) is 30.6 Å². The molecule has 1 amide bonds. The largest absolute Gasteiger partial charge is 0.469 e. The van der Waals surface area contributed by atoms with E-state index in [1.807, 2.05) is 11.3 Å². The van der Waals surface area contributed by atoms with Crippen molar-refractivity contribution in [1.29, 1.82) is 0 Å². The summed E-state index contributed by atoms with van der Waals surface area (Å²) in [6, 6.07) is 4.26. The predicted molar refractivity (Wildman–Crippen MR) is 83.7 cm³/mol. The van der Waals surface area contributed by atoms with Gasteiger partial charge in [0.05, 0.1) is 11.8 Å². The molecule has 1 aliphatic rings. The lowest BCUT2D eigenvalue weighted by atomic mass is 10.1. The Kier molecular flexibility index (Phi) is 4.12. The lowest BCUT2D eigenvalue weighted by Gasteiger charge is -2.32. The molecule has 21 heavy (non-hydrogen) atoms. The molecule has 2 aromatic heterocycles. The van der Waals surface area contributed by atoms with Gasteiger partial charge >= 0.3 is 0 Å². The van der Waals surface area contributed by atoms with E-state index in [9.17, 15) is 4.79 Å². The molecule has 1 N–H and O–H groups in total. The van der Waals surface area contributed by atoms with E-state index in [1.54, 1.807) is 19.3 Å². The summed E-state index contributed by atoms with van der Waals surface area (Å²) in [4.78, 5) is 16.0. The maximum absolute atomic E-state index is 12.1. The molecule has 2 aromatic rings. The molecule has 4 nitrogen and oxygen atoms in total. The fourth-order valence-corrected chi connectivity index (χ4v) is 3.62. The van der Waals surface area contributed by atoms with Gasteiger partial charge in [0.15, 0.2) is 0 Å². The number of hydrogen-bond donors (Lipinski definition) is 1. The molecule has 0 unspecified atom stereocenters. The van der Waals surface area contributed by atoms with Crippen LogP contribution in [0.3, 0.4) is 0 Å². The molecular weight excluding hydrogens is 284 g/mol. The van der Waals surface area contributed by atoms with E-state index in [4.69, 9.17) is 4.42 Å². The first-order valence-electron chi connectivity index (χ1n) is 7.26. The van der Waals surface area contributed by atoms with Crippen molar-refractivity contribution >= 4 is 17.2 Å². The van der Waals surface area contributed by atoms with Gasteiger partial charge in [-0.25, -0.2) is 0 Å². The van der Waals surface area contributed by atoms with Gasteiger partial charge in [0.2, 0.25) is 0 Å². The van der Waals surface area contributed by atoms with Crippen LogP contribution in [0.1, 0.15) is 33.5 Å². The predicted octanol–water partition coefficient (Wildman–Crippen LogP) is 2.83. The summed E-state index contributed by atoms with van der Waals surface area (Å²) < 4.78 is 5.17. The van der Waals surface area contributed by atoms with Crippen molar-refractivity contribution in [3.63, 3.8) is 0 Å². The smallest absolute Gasteiger partial charge is 0.254 e. The molecule has 0 aromatic carbocycles. The normalized spacial score (nSPS) is 16.5. The number of thiophene rings is 1. The Morgan fingerprint density at radius 3 is 3.14 bits per heavy atom. The number of hydrogen-bond acceptors (Lipinski definition) is 4. The van der Waals surface area contributed by atoms with Crippen molar-refractivity contribution in [1.82, 2.24) is 10.2 Å². The highest BCUT2D eigenvalue weighted by Gasteiger charge is 2.22. The van der Waals surface area contributed by atoms with Gasteiger partial charge < -0.3 is 9.73 Å². The van der Waals surface area contributed by atoms with Crippen LogP contribution < -0.4 is 5.32 Å². The second kappa shape index (κ2) is 6.03. The van der Waals surface area contributed by atoms with E-state index >= 15 is 0 Å². The van der Waals surface area contributed by atoms with Crippen molar-refractivity contribution in [2.24, 2.45) is 0 Å². The van der Waals surface area contributed by atoms with Crippen molar-refractivity contribution in [2.75, 3.05) is 13.1 Å². The van der Waals surface area contributed by atoms with E-state index in [2.05, 4.69) is 28.6 Å². The van der Waals surface area contributed by atoms with Gasteiger partial charge in [-0.15, -0.1) is 11.3 Å². The molecule has 3 rings (SSSR count). The van der Waals surface area contributed by atoms with E-state index < -0.39 is 0 Å². The van der Waals surface area contributed by atoms with E-state index in [1.165, 1.54) is 10.4 Å². The second-order valence-corrected chi connectivity index (χ2v) is 6.54. The highest BCUT2D eigenvalue weighted by Crippen LogP contribution is 2.25. The SMILES string of the molecule is Cc1occc1C(=O)NC[C@@H](C)N1CCc2sccc2C1. The summed E-state index contributed by atoms with van der Waals surface area (Å²) >= 11 is 1.85. The Balaban J connectivity index is 1.54. The third kappa shape index (κ3) is 3.04. The summed E-state index contributed by atoms with van der Waals surface area (Å²) in [6.45, 7) is 6.68. The van der Waals surface area contributed by atoms with Crippen LogP contribution in [-0.4, -0.2) is 29.9 Å². The summed E-state index contributed by atoms with van der Waals surface area (Å²) in [6.07, 6.45) is 2.67. The number of aryl methyl sites for hydroxylation is 1. The first-order chi connectivity index (χ1) is 10.1. The number of furan rings is 1. The Bertz CT molecular complexity index is 632. The third-order valence-electron chi connectivity index (χ3n) is 4.12. The van der Waals surface area contributed by atoms with Gasteiger partial charge in [-0.3, -0.25) is 9.69 Å². The van der Waals surface area contributed by atoms with Crippen LogP contribution >= 0.6 is 11.3 Å². The second-order valence-electron chi connectivity index (χ2n) is 5.54. The summed E-state index contributed by atoms with van der Waals surface area (Å²) in [5.41, 5.74) is 2.07. The molecule has 0 bridgehead atoms. The average molecular weight is 304 g/mol. The average Bonchev–Trinajstić information content (AvgIpc) is 3.11. The van der Waals surface area contributed by atoms with Crippen LogP contribution in [-0.2, 0) is 13.0 Å². The quantitative estimate of drug-likeness (QED) is 0.945. The van der Waals surface area contributed by atoms with E-state index in [0.29, 0.717) is 23.9 Å². The van der Waals surface area contributed by atoms with Crippen LogP contribution in [0.25, 0.3) is 0 Å². The minimum absolute atomic E-state index is 0.0543. The van der Waals surface area contributed by atoms with E-state index in [-0.39, 0.29) is 5.91 Å². The molecular formula is C16H20N2O2S. The Morgan fingerprint density at radius 1 is 1.52 bits per heavy atom. The molecule has 3 heterocycles. The molecule has 1 aliphatic heterocycles. The zero-order chi connectivity index (χ0) is 14.8. The van der Waals surface area contributed by atoms with Crippen molar-refractivity contribution in [3.8, 4) is 0 Å². The standard InChI is InChI=1S/C16H20N2O2S/c1-11(9-17-16(19)14-4-7-20-12(14)2)18-6-3-15-13(10-18)5-8-21-15/h4-5,7-8,11H,3,6,9-10H2,1-2H3,(H,17,19)/t11-/m1/s1. The minimum Gasteiger partial charge on any atom is -0.469 e. The molecule has 1 atom stereocenters. The van der Waals surface area contributed by atoms with Crippen LogP contribution in [0.4, 0.5) is 0 Å². The van der Waals surface area contributed by atoms with Gasteiger partial charge in [-0.2, -0.15) is 0 Å².